The van der Waals surface area contributed by atoms with Gasteiger partial charge in [0.1, 0.15) is 0 Å². The predicted molar refractivity (Wildman–Crippen MR) is 89.1 cm³/mol. The Hall–Kier alpha value is -1.32. The minimum absolute atomic E-state index is 0.102. The molecule has 4 nitrogen and oxygen atoms in total. The molecule has 0 spiro atoms. The van der Waals surface area contributed by atoms with Crippen LogP contribution in [0.15, 0.2) is 11.1 Å². The van der Waals surface area contributed by atoms with Gasteiger partial charge in [-0.2, -0.15) is 0 Å². The van der Waals surface area contributed by atoms with Crippen LogP contribution in [0.2, 0.25) is 0 Å². The van der Waals surface area contributed by atoms with Crippen LogP contribution in [0.5, 0.6) is 0 Å². The first kappa shape index (κ1) is 16.2. The average molecular weight is 332 g/mol. The highest BCUT2D eigenvalue weighted by Gasteiger charge is 2.83. The maximum absolute atomic E-state index is 12.7. The number of hydrogen-bond donors (Lipinski definition) is 0. The van der Waals surface area contributed by atoms with Crippen LogP contribution in [0.1, 0.15) is 64.2 Å². The maximum Gasteiger partial charge on any atom is 0.310 e. The third-order valence-electron chi connectivity index (χ3n) is 7.54. The van der Waals surface area contributed by atoms with Crippen LogP contribution < -0.4 is 0 Å². The summed E-state index contributed by atoms with van der Waals surface area (Å²) in [4.78, 5) is 25.4. The van der Waals surface area contributed by atoms with Gasteiger partial charge in [0.25, 0.3) is 0 Å². The van der Waals surface area contributed by atoms with E-state index in [4.69, 9.17) is 9.47 Å². The molecule has 4 heteroatoms. The molecule has 0 radical (unpaired) electrons. The van der Waals surface area contributed by atoms with Crippen LogP contribution in [0.3, 0.4) is 0 Å². The van der Waals surface area contributed by atoms with Gasteiger partial charge in [0, 0.05) is 10.8 Å². The second kappa shape index (κ2) is 5.60. The zero-order valence-electron chi connectivity index (χ0n) is 14.9. The van der Waals surface area contributed by atoms with E-state index >= 15 is 0 Å². The van der Waals surface area contributed by atoms with Gasteiger partial charge >= 0.3 is 11.9 Å². The molecule has 0 bridgehead atoms. The minimum Gasteiger partial charge on any atom is -0.469 e. The number of esters is 2. The summed E-state index contributed by atoms with van der Waals surface area (Å²) >= 11 is 0. The van der Waals surface area contributed by atoms with Crippen molar-refractivity contribution in [2.75, 3.05) is 14.2 Å². The first-order chi connectivity index (χ1) is 11.6. The molecule has 2 saturated carbocycles. The number of ether oxygens (including phenoxy) is 2. The molecule has 0 amide bonds. The monoisotopic (exact) mass is 332 g/mol. The highest BCUT2D eigenvalue weighted by Crippen LogP contribution is 2.84. The fourth-order valence-electron chi connectivity index (χ4n) is 6.92. The van der Waals surface area contributed by atoms with Gasteiger partial charge in [-0.15, -0.1) is 0 Å². The Labute approximate surface area is 144 Å². The Balaban J connectivity index is 1.87. The summed E-state index contributed by atoms with van der Waals surface area (Å²) in [5, 5.41) is 0. The average Bonchev–Trinajstić information content (AvgIpc) is 2.87. The molecule has 24 heavy (non-hydrogen) atoms. The molecule has 2 fully saturated rings. The number of hydrogen-bond acceptors (Lipinski definition) is 4. The van der Waals surface area contributed by atoms with E-state index in [1.165, 1.54) is 51.0 Å². The van der Waals surface area contributed by atoms with Gasteiger partial charge in [0.05, 0.1) is 26.1 Å². The molecule has 0 saturated heterocycles. The Morgan fingerprint density at radius 2 is 1.17 bits per heavy atom. The van der Waals surface area contributed by atoms with Crippen molar-refractivity contribution in [2.45, 2.75) is 64.2 Å². The lowest BCUT2D eigenvalue weighted by molar-refractivity contribution is -0.228. The molecule has 132 valence electrons. The molecule has 0 aromatic rings. The molecule has 0 heterocycles. The van der Waals surface area contributed by atoms with Crippen molar-refractivity contribution in [1.29, 1.82) is 0 Å². The van der Waals surface area contributed by atoms with Gasteiger partial charge < -0.3 is 9.47 Å². The molecular formula is C20H28O4. The Kier molecular flexibility index (Phi) is 3.77. The fourth-order valence-corrected chi connectivity index (χ4v) is 6.92. The second-order valence-electron chi connectivity index (χ2n) is 8.02. The van der Waals surface area contributed by atoms with E-state index < -0.39 is 0 Å². The number of carbonyl (C=O) groups is 2. The Bertz CT molecular complexity index is 557. The number of allylic oxidation sites excluding steroid dienone is 2. The van der Waals surface area contributed by atoms with Crippen LogP contribution in [0.25, 0.3) is 0 Å². The van der Waals surface area contributed by atoms with E-state index in [0.717, 1.165) is 38.5 Å². The van der Waals surface area contributed by atoms with E-state index in [0.29, 0.717) is 0 Å². The van der Waals surface area contributed by atoms with Crippen LogP contribution in [-0.4, -0.2) is 26.2 Å². The molecule has 0 aromatic carbocycles. The van der Waals surface area contributed by atoms with E-state index in [1.54, 1.807) is 0 Å². The van der Waals surface area contributed by atoms with Crippen LogP contribution >= 0.6 is 0 Å². The third-order valence-corrected chi connectivity index (χ3v) is 7.54. The van der Waals surface area contributed by atoms with Gasteiger partial charge in [-0.1, -0.05) is 36.8 Å². The molecule has 4 rings (SSSR count). The maximum atomic E-state index is 12.7. The zero-order chi connectivity index (χ0) is 16.9. The lowest BCUT2D eigenvalue weighted by Gasteiger charge is -2.76. The predicted octanol–water partition coefficient (Wildman–Crippen LogP) is 3.79. The van der Waals surface area contributed by atoms with Crippen molar-refractivity contribution in [1.82, 2.24) is 0 Å². The highest BCUT2D eigenvalue weighted by molar-refractivity contribution is 5.90. The quantitative estimate of drug-likeness (QED) is 0.570. The van der Waals surface area contributed by atoms with Gasteiger partial charge in [0.15, 0.2) is 0 Å². The molecule has 4 aliphatic carbocycles. The van der Waals surface area contributed by atoms with E-state index in [1.807, 2.05) is 0 Å². The molecule has 4 aliphatic rings. The second-order valence-corrected chi connectivity index (χ2v) is 8.02. The smallest absolute Gasteiger partial charge is 0.310 e. The van der Waals surface area contributed by atoms with Crippen LogP contribution in [0.4, 0.5) is 0 Å². The van der Waals surface area contributed by atoms with Crippen molar-refractivity contribution < 1.29 is 19.1 Å². The van der Waals surface area contributed by atoms with Crippen LogP contribution in [0, 0.1) is 22.7 Å². The summed E-state index contributed by atoms with van der Waals surface area (Å²) in [6.07, 6.45) is 11.5. The standard InChI is InChI=1S/C20H28O4/c1-23-17(21)15-16(18(22)24-2)20-12-8-4-7-11-19(15,20)13-9-5-3-6-10-14(13)20/h15-16H,3-12H2,1-2H3/t15?,16?,19-,20+. The highest BCUT2D eigenvalue weighted by atomic mass is 16.5. The molecule has 4 atom stereocenters. The lowest BCUT2D eigenvalue weighted by atomic mass is 9.25. The summed E-state index contributed by atoms with van der Waals surface area (Å²) < 4.78 is 10.3. The molecule has 0 aromatic heterocycles. The number of methoxy groups -OCH3 is 2. The Morgan fingerprint density at radius 1 is 0.750 bits per heavy atom. The molecule has 0 aliphatic heterocycles. The Morgan fingerprint density at radius 3 is 1.58 bits per heavy atom. The summed E-state index contributed by atoms with van der Waals surface area (Å²) in [5.74, 6) is -1.08. The molecular weight excluding hydrogens is 304 g/mol. The number of carbonyl (C=O) groups excluding carboxylic acids is 2. The van der Waals surface area contributed by atoms with Crippen molar-refractivity contribution in [3.8, 4) is 0 Å². The summed E-state index contributed by atoms with van der Waals surface area (Å²) in [7, 11) is 2.90. The third kappa shape index (κ3) is 1.65. The first-order valence-corrected chi connectivity index (χ1v) is 9.54. The number of rotatable bonds is 2. The van der Waals surface area contributed by atoms with Crippen molar-refractivity contribution in [3.63, 3.8) is 0 Å². The van der Waals surface area contributed by atoms with E-state index in [9.17, 15) is 9.59 Å². The minimum atomic E-state index is -0.329. The molecule has 0 N–H and O–H groups in total. The lowest BCUT2D eigenvalue weighted by Crippen LogP contribution is -2.76. The van der Waals surface area contributed by atoms with Gasteiger partial charge in [-0.3, -0.25) is 9.59 Å². The topological polar surface area (TPSA) is 52.6 Å². The summed E-state index contributed by atoms with van der Waals surface area (Å²) in [5.41, 5.74) is 2.85. The largest absolute Gasteiger partial charge is 0.469 e. The van der Waals surface area contributed by atoms with Gasteiger partial charge in [-0.05, 0) is 38.5 Å². The SMILES string of the molecule is COC(=O)C1C(C(=O)OC)[C@]23CCCCC[C@]12C1=C3CCCCC1. The molecule has 2 unspecified atom stereocenters. The van der Waals surface area contributed by atoms with Crippen molar-refractivity contribution in [3.05, 3.63) is 11.1 Å². The van der Waals surface area contributed by atoms with E-state index in [2.05, 4.69) is 0 Å². The summed E-state index contributed by atoms with van der Waals surface area (Å²) in [6.45, 7) is 0. The van der Waals surface area contributed by atoms with E-state index in [-0.39, 0.29) is 34.6 Å². The van der Waals surface area contributed by atoms with Crippen molar-refractivity contribution in [2.24, 2.45) is 22.7 Å². The first-order valence-electron chi connectivity index (χ1n) is 9.54. The van der Waals surface area contributed by atoms with Crippen LogP contribution in [-0.2, 0) is 19.1 Å². The fraction of sp³-hybridized carbons (Fsp3) is 0.800. The normalized spacial score (nSPS) is 40.6. The summed E-state index contributed by atoms with van der Waals surface area (Å²) in [6, 6.07) is 0. The van der Waals surface area contributed by atoms with Gasteiger partial charge in [0.2, 0.25) is 0 Å². The van der Waals surface area contributed by atoms with Crippen molar-refractivity contribution >= 4 is 11.9 Å². The zero-order valence-corrected chi connectivity index (χ0v) is 14.9. The van der Waals surface area contributed by atoms with Gasteiger partial charge in [-0.25, -0.2) is 0 Å².